The Kier molecular flexibility index (Phi) is 32.1. The lowest BCUT2D eigenvalue weighted by Gasteiger charge is -2.41. The van der Waals surface area contributed by atoms with E-state index in [9.17, 15) is 9.59 Å². The summed E-state index contributed by atoms with van der Waals surface area (Å²) in [6, 6.07) is 76.7. The molecule has 98 heavy (non-hydrogen) atoms. The molecule has 0 saturated carbocycles. The van der Waals surface area contributed by atoms with Crippen molar-refractivity contribution in [1.82, 2.24) is 18.9 Å². The molecule has 0 spiro atoms. The van der Waals surface area contributed by atoms with Crippen molar-refractivity contribution in [1.29, 1.82) is 0 Å². The predicted molar refractivity (Wildman–Crippen MR) is 437 cm³/mol. The number of benzene rings is 10. The lowest BCUT2D eigenvalue weighted by molar-refractivity contribution is 0.102. The van der Waals surface area contributed by atoms with E-state index in [0.717, 1.165) is 92.0 Å². The van der Waals surface area contributed by atoms with Crippen LogP contribution in [0.15, 0.2) is 228 Å². The number of hydrogen-bond donors (Lipinski definition) is 0. The van der Waals surface area contributed by atoms with Gasteiger partial charge in [-0.15, -0.1) is 0 Å². The molecule has 0 N–H and O–H groups in total. The van der Waals surface area contributed by atoms with Gasteiger partial charge in [0.05, 0.1) is 11.0 Å². The van der Waals surface area contributed by atoms with Crippen molar-refractivity contribution in [3.63, 3.8) is 0 Å². The Morgan fingerprint density at radius 2 is 0.531 bits per heavy atom. The van der Waals surface area contributed by atoms with E-state index < -0.39 is 0 Å². The summed E-state index contributed by atoms with van der Waals surface area (Å²) in [5, 5.41) is 11.5. The van der Waals surface area contributed by atoms with Crippen molar-refractivity contribution in [3.05, 3.63) is 250 Å². The zero-order valence-corrected chi connectivity index (χ0v) is 64.2. The minimum atomic E-state index is -0.00709. The Morgan fingerprint density at radius 1 is 0.276 bits per heavy atom. The second-order valence-electron chi connectivity index (χ2n) is 25.1. The van der Waals surface area contributed by atoms with Crippen LogP contribution in [0.25, 0.3) is 98.5 Å². The fraction of sp³-hybridized carbons (Fsp3) is 0.370. The zero-order valence-electron chi connectivity index (χ0n) is 64.2. The summed E-state index contributed by atoms with van der Waals surface area (Å²) < 4.78 is 3.79. The van der Waals surface area contributed by atoms with Crippen LogP contribution in [-0.2, 0) is 0 Å². The second kappa shape index (κ2) is 39.2. The fourth-order valence-corrected chi connectivity index (χ4v) is 13.3. The monoisotopic (exact) mass is 1310 g/mol. The fourth-order valence-electron chi connectivity index (χ4n) is 13.3. The number of pyridine rings is 2. The van der Waals surface area contributed by atoms with Crippen LogP contribution in [0.3, 0.4) is 0 Å². The van der Waals surface area contributed by atoms with E-state index in [1.54, 1.807) is 12.1 Å². The molecule has 2 aliphatic rings. The Bertz CT molecular complexity index is 4200. The normalized spacial score (nSPS) is 13.2. The molecular weight excluding hydrogens is 1190 g/mol. The van der Waals surface area contributed by atoms with Crippen molar-refractivity contribution < 1.29 is 0 Å². The third kappa shape index (κ3) is 19.1. The Morgan fingerprint density at radius 3 is 0.837 bits per heavy atom. The van der Waals surface area contributed by atoms with E-state index in [1.807, 2.05) is 132 Å². The van der Waals surface area contributed by atoms with E-state index in [4.69, 9.17) is 0 Å². The molecule has 0 atom stereocenters. The van der Waals surface area contributed by atoms with Crippen LogP contribution in [0.5, 0.6) is 0 Å². The summed E-state index contributed by atoms with van der Waals surface area (Å²) in [5.41, 5.74) is 11.6. The number of fused-ring (bicyclic) bond motifs is 8. The third-order valence-corrected chi connectivity index (χ3v) is 18.0. The molecule has 14 rings (SSSR count). The molecule has 0 unspecified atom stereocenters. The highest BCUT2D eigenvalue weighted by Crippen LogP contribution is 2.37. The van der Waals surface area contributed by atoms with Crippen LogP contribution in [0.2, 0.25) is 0 Å². The molecule has 0 bridgehead atoms. The van der Waals surface area contributed by atoms with Crippen LogP contribution in [-0.4, -0.2) is 56.2 Å². The summed E-state index contributed by atoms with van der Waals surface area (Å²) in [6.45, 7) is 50.3. The largest absolute Gasteiger partial charge is 0.298 e. The van der Waals surface area contributed by atoms with E-state index in [2.05, 4.69) is 245 Å². The highest BCUT2D eigenvalue weighted by atomic mass is 16.1. The van der Waals surface area contributed by atoms with Crippen LogP contribution >= 0.6 is 0 Å². The van der Waals surface area contributed by atoms with Gasteiger partial charge in [-0.25, -0.2) is 0 Å². The van der Waals surface area contributed by atoms with Gasteiger partial charge in [0.25, 0.3) is 11.1 Å². The predicted octanol–water partition coefficient (Wildman–Crippen LogP) is 26.1. The van der Waals surface area contributed by atoms with Crippen molar-refractivity contribution >= 4 is 64.9 Å². The zero-order chi connectivity index (χ0) is 72.3. The lowest BCUT2D eigenvalue weighted by atomic mass is 9.87. The molecule has 2 aromatic heterocycles. The van der Waals surface area contributed by atoms with Crippen LogP contribution in [0.1, 0.15) is 201 Å². The lowest BCUT2D eigenvalue weighted by Crippen LogP contribution is -2.45. The molecule has 6 heteroatoms. The smallest absolute Gasteiger partial charge is 0.255 e. The minimum absolute atomic E-state index is 0.00709. The Labute approximate surface area is 591 Å². The summed E-state index contributed by atoms with van der Waals surface area (Å²) in [4.78, 5) is 32.1. The molecule has 2 saturated heterocycles. The molecular formula is C92H120N4O2. The molecule has 4 heterocycles. The number of aromatic nitrogens is 2. The first kappa shape index (κ1) is 80.3. The van der Waals surface area contributed by atoms with Crippen molar-refractivity contribution in [2.24, 2.45) is 0 Å². The number of nitrogens with zero attached hydrogens (tertiary/aromatic N) is 4. The summed E-state index contributed by atoms with van der Waals surface area (Å²) in [6.07, 6.45) is 4.69. The average molecular weight is 1310 g/mol. The van der Waals surface area contributed by atoms with Crippen LogP contribution in [0, 0.1) is 0 Å². The quantitative estimate of drug-likeness (QED) is 0.156. The standard InChI is InChI=1S/2C38H36N2O.8C2H6/c2*1-38(2,3)39-22-20-28(21-23-39)27-14-17-34(18-15-27)40-36(41)19-16-30-11-9-29-10-13-33(25-35(29)37(30)40)32-12-8-26-6-4-5-7-31(26)24-32;8*1-2/h2*4-19,24-25,28H,20-23H2,1-3H3;8*1-2H3. The summed E-state index contributed by atoms with van der Waals surface area (Å²) in [7, 11) is 0. The van der Waals surface area contributed by atoms with Gasteiger partial charge in [-0.2, -0.15) is 0 Å². The van der Waals surface area contributed by atoms with E-state index in [-0.39, 0.29) is 22.2 Å². The molecule has 2 aliphatic heterocycles. The van der Waals surface area contributed by atoms with Gasteiger partial charge in [0.2, 0.25) is 0 Å². The van der Waals surface area contributed by atoms with Crippen molar-refractivity contribution in [2.45, 2.75) is 201 Å². The van der Waals surface area contributed by atoms with E-state index in [1.165, 1.54) is 69.5 Å². The maximum absolute atomic E-state index is 13.5. The number of rotatable bonds is 6. The van der Waals surface area contributed by atoms with Gasteiger partial charge < -0.3 is 0 Å². The topological polar surface area (TPSA) is 50.5 Å². The highest BCUT2D eigenvalue weighted by Gasteiger charge is 2.29. The maximum atomic E-state index is 13.5. The first-order chi connectivity index (χ1) is 47.7. The average Bonchev–Trinajstić information content (AvgIpc) is 0.756. The SMILES string of the molecule is CC.CC.CC.CC.CC.CC.CC.CC.CC(C)(C)N1CCC(c2ccc(-n3c(=O)ccc4ccc5ccc(-c6ccc7ccccc7c6)cc5c43)cc2)CC1.CC(C)(C)N1CCC(c2ccc(-n3c(=O)ccc4ccc5ccc(-c6ccc7ccccc7c6)cc5c43)cc2)CC1. The number of likely N-dealkylation sites (tertiary alicyclic amines) is 2. The Balaban J connectivity index is 0.000000295. The summed E-state index contributed by atoms with van der Waals surface area (Å²) in [5.74, 6) is 1.13. The van der Waals surface area contributed by atoms with E-state index >= 15 is 0 Å². The van der Waals surface area contributed by atoms with Crippen molar-refractivity contribution in [3.8, 4) is 33.6 Å². The molecule has 2 fully saturated rings. The molecule has 0 aliphatic carbocycles. The van der Waals surface area contributed by atoms with Crippen LogP contribution in [0.4, 0.5) is 0 Å². The van der Waals surface area contributed by atoms with Gasteiger partial charge in [0, 0.05) is 45.4 Å². The molecule has 6 nitrogen and oxygen atoms in total. The molecule has 520 valence electrons. The minimum Gasteiger partial charge on any atom is -0.298 e. The van der Waals surface area contributed by atoms with Crippen molar-refractivity contribution in [2.75, 3.05) is 26.2 Å². The first-order valence-corrected chi connectivity index (χ1v) is 37.6. The molecule has 12 aromatic rings. The van der Waals surface area contributed by atoms with Gasteiger partial charge in [-0.1, -0.05) is 256 Å². The summed E-state index contributed by atoms with van der Waals surface area (Å²) >= 11 is 0. The number of piperidine rings is 2. The first-order valence-electron chi connectivity index (χ1n) is 37.6. The van der Waals surface area contributed by atoms with Gasteiger partial charge in [0.15, 0.2) is 0 Å². The van der Waals surface area contributed by atoms with E-state index in [0.29, 0.717) is 11.8 Å². The molecule has 10 aromatic carbocycles. The van der Waals surface area contributed by atoms with Gasteiger partial charge in [-0.3, -0.25) is 28.5 Å². The van der Waals surface area contributed by atoms with Gasteiger partial charge >= 0.3 is 0 Å². The highest BCUT2D eigenvalue weighted by molar-refractivity contribution is 6.09. The van der Waals surface area contributed by atoms with Gasteiger partial charge in [-0.05, 0) is 242 Å². The second-order valence-corrected chi connectivity index (χ2v) is 25.1. The molecule has 0 radical (unpaired) electrons. The third-order valence-electron chi connectivity index (χ3n) is 18.0. The molecule has 0 amide bonds. The maximum Gasteiger partial charge on any atom is 0.255 e. The van der Waals surface area contributed by atoms with Gasteiger partial charge in [0.1, 0.15) is 0 Å². The van der Waals surface area contributed by atoms with Crippen LogP contribution < -0.4 is 11.1 Å². The number of hydrogen-bond acceptors (Lipinski definition) is 4. The Hall–Kier alpha value is -8.42.